The monoisotopic (exact) mass is 582 g/mol. The predicted molar refractivity (Wildman–Crippen MR) is 132 cm³/mol. The van der Waals surface area contributed by atoms with E-state index in [1.807, 2.05) is 4.90 Å². The molecule has 1 fully saturated rings. The minimum atomic E-state index is -4.27. The zero-order valence-electron chi connectivity index (χ0n) is 20.9. The van der Waals surface area contributed by atoms with Crippen molar-refractivity contribution in [1.82, 2.24) is 10.2 Å². The zero-order valence-corrected chi connectivity index (χ0v) is 21.7. The highest BCUT2D eigenvalue weighted by Gasteiger charge is 2.33. The zero-order chi connectivity index (χ0) is 29.1. The van der Waals surface area contributed by atoms with Crippen LogP contribution in [0.4, 0.5) is 42.1 Å². The third-order valence-corrected chi connectivity index (χ3v) is 6.48. The van der Waals surface area contributed by atoms with Gasteiger partial charge in [-0.1, -0.05) is 17.7 Å². The summed E-state index contributed by atoms with van der Waals surface area (Å²) in [6.07, 6.45) is -5.21. The quantitative estimate of drug-likeness (QED) is 0.398. The van der Waals surface area contributed by atoms with E-state index in [9.17, 15) is 40.3 Å². The lowest BCUT2D eigenvalue weighted by molar-refractivity contribution is -0.143. The molecule has 3 rings (SSSR count). The molecule has 6 nitrogen and oxygen atoms in total. The number of rotatable bonds is 8. The Bertz CT molecular complexity index is 1220. The third kappa shape index (κ3) is 7.98. The second-order valence-corrected chi connectivity index (χ2v) is 9.72. The molecule has 1 heterocycles. The number of carbonyl (C=O) groups is 2. The highest BCUT2D eigenvalue weighted by atomic mass is 35.5. The molecular formula is C25H26ClF7N4O2. The van der Waals surface area contributed by atoms with Crippen molar-refractivity contribution < 1.29 is 40.3 Å². The Morgan fingerprint density at radius 1 is 1.05 bits per heavy atom. The smallest absolute Gasteiger partial charge is 0.367 e. The molecule has 1 atom stereocenters. The van der Waals surface area contributed by atoms with Gasteiger partial charge in [0.1, 0.15) is 0 Å². The number of hydrogen-bond acceptors (Lipinski definition) is 4. The number of alkyl halides is 5. The van der Waals surface area contributed by atoms with E-state index in [0.717, 1.165) is 12.1 Å². The van der Waals surface area contributed by atoms with Gasteiger partial charge < -0.3 is 15.5 Å². The van der Waals surface area contributed by atoms with Gasteiger partial charge in [-0.2, -0.15) is 22.0 Å². The van der Waals surface area contributed by atoms with E-state index >= 15 is 0 Å². The fraction of sp³-hybridized carbons (Fsp3) is 0.440. The Labute approximate surface area is 225 Å². The van der Waals surface area contributed by atoms with E-state index in [4.69, 9.17) is 11.6 Å². The summed E-state index contributed by atoms with van der Waals surface area (Å²) in [5.74, 6) is -9.41. The number of nitrogens with one attached hydrogen (secondary N) is 2. The molecule has 39 heavy (non-hydrogen) atoms. The lowest BCUT2D eigenvalue weighted by Gasteiger charge is -2.41. The average Bonchev–Trinajstić information content (AvgIpc) is 2.83. The van der Waals surface area contributed by atoms with Crippen molar-refractivity contribution in [3.05, 3.63) is 58.1 Å². The minimum Gasteiger partial charge on any atom is -0.367 e. The summed E-state index contributed by atoms with van der Waals surface area (Å²) in [4.78, 5) is 27.7. The Balaban J connectivity index is 1.74. The maximum Gasteiger partial charge on any atom is 0.390 e. The maximum atomic E-state index is 14.7. The number of carbonyl (C=O) groups excluding carboxylic acids is 2. The summed E-state index contributed by atoms with van der Waals surface area (Å²) in [6.45, 7) is 2.22. The van der Waals surface area contributed by atoms with Gasteiger partial charge in [0, 0.05) is 56.3 Å². The molecule has 0 unspecified atom stereocenters. The number of halogens is 8. The fourth-order valence-electron chi connectivity index (χ4n) is 4.11. The molecule has 0 saturated carbocycles. The number of benzene rings is 2. The van der Waals surface area contributed by atoms with Crippen molar-refractivity contribution in [1.29, 1.82) is 0 Å². The van der Waals surface area contributed by atoms with Crippen LogP contribution in [-0.4, -0.2) is 61.0 Å². The predicted octanol–water partition coefficient (Wildman–Crippen LogP) is 5.60. The summed E-state index contributed by atoms with van der Waals surface area (Å²) in [6, 6.07) is 6.16. The third-order valence-electron chi connectivity index (χ3n) is 6.24. The highest BCUT2D eigenvalue weighted by Crippen LogP contribution is 2.32. The van der Waals surface area contributed by atoms with Gasteiger partial charge in [0.2, 0.25) is 0 Å². The lowest BCUT2D eigenvalue weighted by Crippen LogP contribution is -2.52. The molecule has 2 aromatic rings. The Hall–Kier alpha value is -3.06. The van der Waals surface area contributed by atoms with Crippen LogP contribution in [0, 0.1) is 11.6 Å². The standard InChI is InChI=1S/C25H26ClF7N4O2/c1-14-13-37(10-9-36(14)8-7-25(31,32)33)19-11-16(26)4-6-18(19)35-22(38)17-5-3-15(20(27)21(17)28)12-34-23(39)24(2,29)30/h3-6,11,14H,7-10,12-13H2,1-2H3,(H,34,39)(H,35,38)/t14-/m1/s1. The first-order valence-corrected chi connectivity index (χ1v) is 12.2. The summed E-state index contributed by atoms with van der Waals surface area (Å²) < 4.78 is 93.2. The highest BCUT2D eigenvalue weighted by molar-refractivity contribution is 6.31. The van der Waals surface area contributed by atoms with E-state index in [-0.39, 0.29) is 18.3 Å². The Morgan fingerprint density at radius 2 is 1.74 bits per heavy atom. The van der Waals surface area contributed by atoms with Gasteiger partial charge in [0.15, 0.2) is 11.6 Å². The van der Waals surface area contributed by atoms with E-state index in [2.05, 4.69) is 5.32 Å². The molecule has 214 valence electrons. The van der Waals surface area contributed by atoms with E-state index in [1.54, 1.807) is 23.2 Å². The number of anilines is 2. The van der Waals surface area contributed by atoms with Crippen LogP contribution in [0.5, 0.6) is 0 Å². The molecule has 0 bridgehead atoms. The molecule has 1 aliphatic heterocycles. The second kappa shape index (κ2) is 12.0. The Kier molecular flexibility index (Phi) is 9.37. The van der Waals surface area contributed by atoms with Gasteiger partial charge in [-0.15, -0.1) is 0 Å². The summed E-state index contributed by atoms with van der Waals surface area (Å²) in [5, 5.41) is 4.61. The molecule has 2 aromatic carbocycles. The lowest BCUT2D eigenvalue weighted by atomic mass is 10.1. The molecule has 14 heteroatoms. The van der Waals surface area contributed by atoms with E-state index < -0.39 is 59.6 Å². The van der Waals surface area contributed by atoms with Crippen LogP contribution >= 0.6 is 11.6 Å². The summed E-state index contributed by atoms with van der Waals surface area (Å²) >= 11 is 6.14. The average molecular weight is 583 g/mol. The maximum absolute atomic E-state index is 14.7. The van der Waals surface area contributed by atoms with Crippen molar-refractivity contribution in [2.24, 2.45) is 0 Å². The first-order valence-electron chi connectivity index (χ1n) is 11.9. The Morgan fingerprint density at radius 3 is 2.36 bits per heavy atom. The van der Waals surface area contributed by atoms with Gasteiger partial charge in [0.25, 0.3) is 11.8 Å². The van der Waals surface area contributed by atoms with Crippen LogP contribution in [0.2, 0.25) is 5.02 Å². The van der Waals surface area contributed by atoms with Crippen molar-refractivity contribution in [2.45, 2.75) is 45.0 Å². The largest absolute Gasteiger partial charge is 0.390 e. The normalized spacial score (nSPS) is 16.8. The van der Waals surface area contributed by atoms with Crippen molar-refractivity contribution >= 4 is 34.8 Å². The molecule has 0 spiro atoms. The van der Waals surface area contributed by atoms with Crippen molar-refractivity contribution in [3.63, 3.8) is 0 Å². The second-order valence-electron chi connectivity index (χ2n) is 9.28. The summed E-state index contributed by atoms with van der Waals surface area (Å²) in [7, 11) is 0. The summed E-state index contributed by atoms with van der Waals surface area (Å²) in [5.41, 5.74) is -0.457. The molecule has 0 aromatic heterocycles. The fourth-order valence-corrected chi connectivity index (χ4v) is 4.28. The van der Waals surface area contributed by atoms with Gasteiger partial charge >= 0.3 is 12.1 Å². The number of amides is 2. The molecule has 0 aliphatic carbocycles. The van der Waals surface area contributed by atoms with Crippen LogP contribution in [-0.2, 0) is 11.3 Å². The SMILES string of the molecule is C[C@@H]1CN(c2cc(Cl)ccc2NC(=O)c2ccc(CNC(=O)C(C)(F)F)c(F)c2F)CCN1CCC(F)(F)F. The van der Waals surface area contributed by atoms with E-state index in [0.29, 0.717) is 37.3 Å². The molecule has 1 aliphatic rings. The first-order chi connectivity index (χ1) is 18.1. The van der Waals surface area contributed by atoms with Gasteiger partial charge in [-0.3, -0.25) is 14.5 Å². The molecular weight excluding hydrogens is 557 g/mol. The topological polar surface area (TPSA) is 64.7 Å². The van der Waals surface area contributed by atoms with Gasteiger partial charge in [-0.05, 0) is 31.2 Å². The van der Waals surface area contributed by atoms with Crippen LogP contribution in [0.3, 0.4) is 0 Å². The number of piperazine rings is 1. The van der Waals surface area contributed by atoms with Gasteiger partial charge in [0.05, 0.1) is 23.4 Å². The number of nitrogens with zero attached hydrogens (tertiary/aromatic N) is 2. The molecule has 0 radical (unpaired) electrons. The number of hydrogen-bond donors (Lipinski definition) is 2. The first kappa shape index (κ1) is 30.5. The molecule has 2 amide bonds. The van der Waals surface area contributed by atoms with Crippen LogP contribution < -0.4 is 15.5 Å². The van der Waals surface area contributed by atoms with Gasteiger partial charge in [-0.25, -0.2) is 8.78 Å². The van der Waals surface area contributed by atoms with Crippen molar-refractivity contribution in [3.8, 4) is 0 Å². The van der Waals surface area contributed by atoms with Crippen LogP contribution in [0.15, 0.2) is 30.3 Å². The molecule has 1 saturated heterocycles. The van der Waals surface area contributed by atoms with Crippen molar-refractivity contribution in [2.75, 3.05) is 36.4 Å². The van der Waals surface area contributed by atoms with Crippen LogP contribution in [0.1, 0.15) is 36.2 Å². The minimum absolute atomic E-state index is 0.150. The van der Waals surface area contributed by atoms with E-state index in [1.165, 1.54) is 12.1 Å². The molecule has 2 N–H and O–H groups in total. The van der Waals surface area contributed by atoms with Crippen LogP contribution in [0.25, 0.3) is 0 Å².